The lowest BCUT2D eigenvalue weighted by Gasteiger charge is -2.28. The van der Waals surface area contributed by atoms with E-state index in [4.69, 9.17) is 0 Å². The summed E-state index contributed by atoms with van der Waals surface area (Å²) in [7, 11) is 0. The summed E-state index contributed by atoms with van der Waals surface area (Å²) in [6.07, 6.45) is 8.07. The summed E-state index contributed by atoms with van der Waals surface area (Å²) in [5, 5.41) is 0. The largest absolute Gasteiger partial charge is 0.303 e. The van der Waals surface area contributed by atoms with Gasteiger partial charge in [0.05, 0.1) is 0 Å². The molecule has 0 saturated heterocycles. The Hall–Kier alpha value is -0.0400. The van der Waals surface area contributed by atoms with E-state index in [1.807, 2.05) is 0 Å². The molecule has 1 heteroatoms. The molecule has 0 bridgehead atoms. The molecule has 2 unspecified atom stereocenters. The van der Waals surface area contributed by atoms with E-state index in [2.05, 4.69) is 39.5 Å². The molecule has 0 spiro atoms. The minimum Gasteiger partial charge on any atom is -0.303 e. The fraction of sp³-hybridized carbons (Fsp3) is 1.00. The van der Waals surface area contributed by atoms with Crippen LogP contribution in [-0.2, 0) is 0 Å². The Kier molecular flexibility index (Phi) is 11.0. The van der Waals surface area contributed by atoms with Crippen molar-refractivity contribution in [1.82, 2.24) is 4.90 Å². The number of unbranched alkanes of at least 4 members (excludes halogenated alkanes) is 1. The van der Waals surface area contributed by atoms with E-state index in [1.54, 1.807) is 0 Å². The maximum atomic E-state index is 2.69. The Morgan fingerprint density at radius 3 is 2.06 bits per heavy atom. The topological polar surface area (TPSA) is 3.24 Å². The van der Waals surface area contributed by atoms with Crippen molar-refractivity contribution in [3.05, 3.63) is 0 Å². The van der Waals surface area contributed by atoms with E-state index in [1.165, 1.54) is 58.2 Å². The first-order valence-corrected chi connectivity index (χ1v) is 7.90. The number of nitrogens with zero attached hydrogens (tertiary/aromatic N) is 1. The molecule has 0 amide bonds. The van der Waals surface area contributed by atoms with Gasteiger partial charge in [-0.2, -0.15) is 0 Å². The van der Waals surface area contributed by atoms with Crippen molar-refractivity contribution < 1.29 is 0 Å². The summed E-state index contributed by atoms with van der Waals surface area (Å²) in [5.41, 5.74) is 0. The van der Waals surface area contributed by atoms with Crippen LogP contribution < -0.4 is 0 Å². The zero-order valence-corrected chi connectivity index (χ0v) is 13.0. The summed E-state index contributed by atoms with van der Waals surface area (Å²) in [6.45, 7) is 15.6. The fourth-order valence-electron chi connectivity index (χ4n) is 2.46. The van der Waals surface area contributed by atoms with E-state index < -0.39 is 0 Å². The summed E-state index contributed by atoms with van der Waals surface area (Å²) < 4.78 is 0. The standard InChI is InChI=1S/C16H35N/c1-6-10-12-17(11-7-2)14-16(9-4)13-15(5)8-3/h15-16H,6-14H2,1-5H3. The predicted octanol–water partition coefficient (Wildman–Crippen LogP) is 4.96. The van der Waals surface area contributed by atoms with E-state index in [0.717, 1.165) is 11.8 Å². The van der Waals surface area contributed by atoms with Crippen LogP contribution in [-0.4, -0.2) is 24.5 Å². The summed E-state index contributed by atoms with van der Waals surface area (Å²) in [6, 6.07) is 0. The third-order valence-electron chi connectivity index (χ3n) is 3.89. The fourth-order valence-corrected chi connectivity index (χ4v) is 2.46. The van der Waals surface area contributed by atoms with Gasteiger partial charge in [0.15, 0.2) is 0 Å². The molecule has 0 aromatic rings. The molecule has 0 saturated carbocycles. The molecule has 0 aliphatic carbocycles. The minimum atomic E-state index is 0.898. The highest BCUT2D eigenvalue weighted by molar-refractivity contribution is 4.67. The van der Waals surface area contributed by atoms with Gasteiger partial charge in [-0.1, -0.05) is 53.9 Å². The van der Waals surface area contributed by atoms with Crippen molar-refractivity contribution in [2.75, 3.05) is 19.6 Å². The smallest absolute Gasteiger partial charge is 0.000965 e. The van der Waals surface area contributed by atoms with Crippen LogP contribution >= 0.6 is 0 Å². The van der Waals surface area contributed by atoms with Gasteiger partial charge in [-0.3, -0.25) is 0 Å². The highest BCUT2D eigenvalue weighted by Gasteiger charge is 2.14. The van der Waals surface area contributed by atoms with Crippen molar-refractivity contribution >= 4 is 0 Å². The molecule has 104 valence electrons. The zero-order chi connectivity index (χ0) is 13.1. The molecule has 0 heterocycles. The van der Waals surface area contributed by atoms with E-state index in [9.17, 15) is 0 Å². The van der Waals surface area contributed by atoms with Crippen molar-refractivity contribution in [3.63, 3.8) is 0 Å². The number of hydrogen-bond acceptors (Lipinski definition) is 1. The molecule has 2 atom stereocenters. The van der Waals surface area contributed by atoms with Crippen molar-refractivity contribution in [2.45, 2.75) is 73.1 Å². The lowest BCUT2D eigenvalue weighted by molar-refractivity contribution is 0.205. The Labute approximate surface area is 110 Å². The third-order valence-corrected chi connectivity index (χ3v) is 3.89. The van der Waals surface area contributed by atoms with Gasteiger partial charge in [0.25, 0.3) is 0 Å². The first-order valence-electron chi connectivity index (χ1n) is 7.90. The highest BCUT2D eigenvalue weighted by Crippen LogP contribution is 2.19. The van der Waals surface area contributed by atoms with Crippen LogP contribution in [0.3, 0.4) is 0 Å². The number of hydrogen-bond donors (Lipinski definition) is 0. The molecule has 0 N–H and O–H groups in total. The van der Waals surface area contributed by atoms with E-state index in [0.29, 0.717) is 0 Å². The van der Waals surface area contributed by atoms with Crippen LogP contribution in [0.5, 0.6) is 0 Å². The molecular weight excluding hydrogens is 206 g/mol. The Morgan fingerprint density at radius 2 is 1.59 bits per heavy atom. The summed E-state index contributed by atoms with van der Waals surface area (Å²) in [4.78, 5) is 2.69. The van der Waals surface area contributed by atoms with E-state index >= 15 is 0 Å². The van der Waals surface area contributed by atoms with Gasteiger partial charge < -0.3 is 4.90 Å². The number of rotatable bonds is 11. The second-order valence-electron chi connectivity index (χ2n) is 5.68. The Balaban J connectivity index is 4.07. The molecule has 0 fully saturated rings. The molecule has 0 rings (SSSR count). The summed E-state index contributed by atoms with van der Waals surface area (Å²) >= 11 is 0. The maximum absolute atomic E-state index is 2.69. The third kappa shape index (κ3) is 8.65. The van der Waals surface area contributed by atoms with Crippen LogP contribution in [0, 0.1) is 11.8 Å². The first-order chi connectivity index (χ1) is 8.17. The van der Waals surface area contributed by atoms with Crippen molar-refractivity contribution in [3.8, 4) is 0 Å². The minimum absolute atomic E-state index is 0.898. The lowest BCUT2D eigenvalue weighted by Crippen LogP contribution is -2.31. The van der Waals surface area contributed by atoms with Crippen LogP contribution in [0.1, 0.15) is 73.1 Å². The van der Waals surface area contributed by atoms with Crippen LogP contribution in [0.2, 0.25) is 0 Å². The monoisotopic (exact) mass is 241 g/mol. The Morgan fingerprint density at radius 1 is 0.882 bits per heavy atom. The SMILES string of the molecule is CCCCN(CCC)CC(CC)CC(C)CC. The van der Waals surface area contributed by atoms with Crippen molar-refractivity contribution in [1.29, 1.82) is 0 Å². The average Bonchev–Trinajstić information content (AvgIpc) is 2.34. The zero-order valence-electron chi connectivity index (χ0n) is 13.0. The van der Waals surface area contributed by atoms with E-state index in [-0.39, 0.29) is 0 Å². The molecule has 0 aromatic carbocycles. The molecule has 0 aromatic heterocycles. The second kappa shape index (κ2) is 11.1. The van der Waals surface area contributed by atoms with Crippen LogP contribution in [0.4, 0.5) is 0 Å². The van der Waals surface area contributed by atoms with Gasteiger partial charge in [-0.05, 0) is 44.2 Å². The first kappa shape index (κ1) is 17.0. The predicted molar refractivity (Wildman–Crippen MR) is 79.5 cm³/mol. The van der Waals surface area contributed by atoms with Gasteiger partial charge in [0.2, 0.25) is 0 Å². The molecule has 17 heavy (non-hydrogen) atoms. The van der Waals surface area contributed by atoms with Crippen LogP contribution in [0.15, 0.2) is 0 Å². The quantitative estimate of drug-likeness (QED) is 0.494. The van der Waals surface area contributed by atoms with Gasteiger partial charge in [0, 0.05) is 6.54 Å². The highest BCUT2D eigenvalue weighted by atomic mass is 15.1. The second-order valence-corrected chi connectivity index (χ2v) is 5.68. The normalized spacial score (nSPS) is 15.2. The van der Waals surface area contributed by atoms with Gasteiger partial charge >= 0.3 is 0 Å². The summed E-state index contributed by atoms with van der Waals surface area (Å²) in [5.74, 6) is 1.81. The van der Waals surface area contributed by atoms with Gasteiger partial charge in [0.1, 0.15) is 0 Å². The van der Waals surface area contributed by atoms with Crippen LogP contribution in [0.25, 0.3) is 0 Å². The van der Waals surface area contributed by atoms with Crippen molar-refractivity contribution in [2.24, 2.45) is 11.8 Å². The molecule has 0 radical (unpaired) electrons. The molecule has 1 nitrogen and oxygen atoms in total. The molecule has 0 aliphatic rings. The molecular formula is C16H35N. The molecule has 0 aliphatic heterocycles. The van der Waals surface area contributed by atoms with Gasteiger partial charge in [-0.15, -0.1) is 0 Å². The maximum Gasteiger partial charge on any atom is 0.000965 e. The average molecular weight is 241 g/mol. The van der Waals surface area contributed by atoms with Gasteiger partial charge in [-0.25, -0.2) is 0 Å². The Bertz CT molecular complexity index is 156. The lowest BCUT2D eigenvalue weighted by atomic mass is 9.91.